The molecule has 0 aromatic heterocycles. The molecule has 0 saturated carbocycles. The zero-order valence-corrected chi connectivity index (χ0v) is 42.8. The van der Waals surface area contributed by atoms with Gasteiger partial charge in [0.05, 0.1) is 40.1 Å². The van der Waals surface area contributed by atoms with E-state index in [9.17, 15) is 13.0 Å². The second kappa shape index (κ2) is 17.8. The number of fused-ring (bicyclic) bond motifs is 12. The standard InChI is InChI=1S/C58H43NO8P4S/c60-70(56-31-14-8-23-47(56)44-20-6-12-28-52(44)66-70)35-37-72(62,63)38-36-71(61)57-32-15-9-24-48(57)58-42(25-16-29-53(58)67-71)40-33-34-55-49(39-40)45-21-5-11-27-51(45)65-69(55)59(41-17-2-1-3-18-41)68-54-30-13-7-22-46(54)43-19-4-10-26-50(43)64-68/h1-34,39H,35-38H2. The van der Waals surface area contributed by atoms with Crippen LogP contribution in [0.3, 0.4) is 0 Å². The molecule has 0 spiro atoms. The zero-order chi connectivity index (χ0) is 48.6. The van der Waals surface area contributed by atoms with E-state index in [0.29, 0.717) is 22.1 Å². The second-order valence-corrected chi connectivity index (χ2v) is 28.7. The molecule has 72 heavy (non-hydrogen) atoms. The van der Waals surface area contributed by atoms with Crippen molar-refractivity contribution in [1.82, 2.24) is 0 Å². The molecule has 9 aromatic carbocycles. The summed E-state index contributed by atoms with van der Waals surface area (Å²) < 4.78 is 86.9. The maximum atomic E-state index is 15.2. The summed E-state index contributed by atoms with van der Waals surface area (Å²) in [6.07, 6.45) is -0.462. The van der Waals surface area contributed by atoms with Crippen LogP contribution in [-0.2, 0) is 19.0 Å². The van der Waals surface area contributed by atoms with Crippen molar-refractivity contribution in [2.24, 2.45) is 0 Å². The fourth-order valence-electron chi connectivity index (χ4n) is 10.1. The summed E-state index contributed by atoms with van der Waals surface area (Å²) in [5.41, 5.74) is 10.0. The van der Waals surface area contributed by atoms with E-state index in [1.54, 1.807) is 36.4 Å². The van der Waals surface area contributed by atoms with Crippen LogP contribution in [0, 0.1) is 0 Å². The lowest BCUT2D eigenvalue weighted by molar-refractivity contribution is 0.492. The number of anilines is 1. The summed E-state index contributed by atoms with van der Waals surface area (Å²) in [5.74, 6) is 1.64. The Balaban J connectivity index is 0.833. The molecule has 0 radical (unpaired) electrons. The van der Waals surface area contributed by atoms with Gasteiger partial charge in [-0.3, -0.25) is 13.6 Å². The molecule has 0 bridgehead atoms. The molecule has 354 valence electrons. The van der Waals surface area contributed by atoms with Crippen molar-refractivity contribution in [2.75, 3.05) is 28.3 Å². The third kappa shape index (κ3) is 7.71. The smallest absolute Gasteiger partial charge is 0.278 e. The van der Waals surface area contributed by atoms with Crippen molar-refractivity contribution in [3.8, 4) is 78.6 Å². The van der Waals surface area contributed by atoms with Crippen LogP contribution in [0.1, 0.15) is 0 Å². The zero-order valence-electron chi connectivity index (χ0n) is 38.4. The number of sulfone groups is 1. The average Bonchev–Trinajstić information content (AvgIpc) is 3.43. The van der Waals surface area contributed by atoms with Gasteiger partial charge < -0.3 is 18.1 Å². The number of para-hydroxylation sites is 4. The van der Waals surface area contributed by atoms with Crippen molar-refractivity contribution in [3.05, 3.63) is 212 Å². The molecule has 4 aliphatic heterocycles. The molecule has 4 unspecified atom stereocenters. The summed E-state index contributed by atoms with van der Waals surface area (Å²) in [4.78, 5) is 0. The van der Waals surface area contributed by atoms with Crippen LogP contribution in [0.15, 0.2) is 212 Å². The number of hydrogen-bond acceptors (Lipinski definition) is 9. The summed E-state index contributed by atoms with van der Waals surface area (Å²) in [5, 5.41) is 3.10. The first-order chi connectivity index (χ1) is 35.1. The van der Waals surface area contributed by atoms with E-state index in [0.717, 1.165) is 83.4 Å². The van der Waals surface area contributed by atoms with Crippen LogP contribution in [0.5, 0.6) is 23.0 Å². The van der Waals surface area contributed by atoms with Crippen LogP contribution in [0.25, 0.3) is 55.6 Å². The molecule has 0 N–H and O–H groups in total. The molecule has 0 amide bonds. The molecular formula is C58H43NO8P4S. The van der Waals surface area contributed by atoms with E-state index in [1.807, 2.05) is 109 Å². The summed E-state index contributed by atoms with van der Waals surface area (Å²) in [6, 6.07) is 69.4. The van der Waals surface area contributed by atoms with Crippen LogP contribution in [0.4, 0.5) is 5.69 Å². The van der Waals surface area contributed by atoms with Gasteiger partial charge in [-0.2, -0.15) is 0 Å². The third-order valence-corrected chi connectivity index (χ3v) is 25.2. The van der Waals surface area contributed by atoms with Crippen molar-refractivity contribution in [3.63, 3.8) is 0 Å². The molecule has 0 aliphatic carbocycles. The maximum Gasteiger partial charge on any atom is 0.278 e. The molecule has 9 nitrogen and oxygen atoms in total. The lowest BCUT2D eigenvalue weighted by Crippen LogP contribution is -2.31. The Kier molecular flexibility index (Phi) is 11.1. The third-order valence-electron chi connectivity index (χ3n) is 13.6. The van der Waals surface area contributed by atoms with Crippen LogP contribution in [0.2, 0.25) is 0 Å². The van der Waals surface area contributed by atoms with E-state index in [1.165, 1.54) is 0 Å². The van der Waals surface area contributed by atoms with Gasteiger partial charge in [0.2, 0.25) is 16.6 Å². The van der Waals surface area contributed by atoms with Gasteiger partial charge >= 0.3 is 0 Å². The van der Waals surface area contributed by atoms with Gasteiger partial charge in [0.1, 0.15) is 23.0 Å². The number of nitrogens with zero attached hydrogens (tertiary/aromatic N) is 1. The molecule has 13 rings (SSSR count). The summed E-state index contributed by atoms with van der Waals surface area (Å²) in [7, 11) is -14.3. The monoisotopic (exact) mass is 1040 g/mol. The van der Waals surface area contributed by atoms with Crippen LogP contribution < -0.4 is 43.8 Å². The van der Waals surface area contributed by atoms with Gasteiger partial charge in [-0.15, -0.1) is 0 Å². The van der Waals surface area contributed by atoms with Crippen LogP contribution >= 0.6 is 31.3 Å². The van der Waals surface area contributed by atoms with Gasteiger partial charge in [-0.1, -0.05) is 146 Å². The number of benzene rings is 9. The summed E-state index contributed by atoms with van der Waals surface area (Å²) >= 11 is 0. The Morgan fingerprint density at radius 2 is 0.861 bits per heavy atom. The highest BCUT2D eigenvalue weighted by molar-refractivity contribution is 7.92. The Labute approximate surface area is 420 Å². The molecule has 0 fully saturated rings. The van der Waals surface area contributed by atoms with E-state index in [2.05, 4.69) is 71.2 Å². The lowest BCUT2D eigenvalue weighted by atomic mass is 9.91. The maximum absolute atomic E-state index is 15.2. The Hall–Kier alpha value is -6.75. The highest BCUT2D eigenvalue weighted by atomic mass is 32.2. The molecule has 4 heterocycles. The van der Waals surface area contributed by atoms with E-state index in [-0.39, 0.29) is 12.3 Å². The normalized spacial score (nSPS) is 19.6. The molecule has 14 heteroatoms. The minimum atomic E-state index is -3.89. The van der Waals surface area contributed by atoms with E-state index >= 15 is 4.57 Å². The molecule has 9 aromatic rings. The quantitative estimate of drug-likeness (QED) is 0.124. The molecule has 4 atom stereocenters. The minimum Gasteiger partial charge on any atom is -0.448 e. The lowest BCUT2D eigenvalue weighted by Gasteiger charge is -2.42. The van der Waals surface area contributed by atoms with Gasteiger partial charge in [-0.05, 0) is 94.5 Å². The van der Waals surface area contributed by atoms with E-state index < -0.39 is 52.7 Å². The van der Waals surface area contributed by atoms with Gasteiger partial charge in [0, 0.05) is 38.4 Å². The minimum absolute atomic E-state index is 0.212. The number of hydrogen-bond donors (Lipinski definition) is 0. The van der Waals surface area contributed by atoms with Gasteiger partial charge in [-0.25, -0.2) is 8.42 Å². The predicted octanol–water partition coefficient (Wildman–Crippen LogP) is 13.6. The van der Waals surface area contributed by atoms with Crippen molar-refractivity contribution >= 4 is 68.1 Å². The topological polar surface area (TPSA) is 108 Å². The Morgan fingerprint density at radius 1 is 0.403 bits per heavy atom. The molecule has 4 aliphatic rings. The van der Waals surface area contributed by atoms with Crippen molar-refractivity contribution in [1.29, 1.82) is 0 Å². The first-order valence-electron chi connectivity index (χ1n) is 23.6. The Morgan fingerprint density at radius 3 is 1.53 bits per heavy atom. The first-order valence-corrected chi connectivity index (χ1v) is 31.4. The van der Waals surface area contributed by atoms with Crippen molar-refractivity contribution < 1.29 is 35.6 Å². The highest BCUT2D eigenvalue weighted by Gasteiger charge is 2.43. The van der Waals surface area contributed by atoms with Gasteiger partial charge in [0.25, 0.3) is 14.7 Å². The average molecular weight is 1040 g/mol. The molecular weight excluding hydrogens is 995 g/mol. The summed E-state index contributed by atoms with van der Waals surface area (Å²) in [6.45, 7) is 0. The van der Waals surface area contributed by atoms with Gasteiger partial charge in [0.15, 0.2) is 9.84 Å². The predicted molar refractivity (Wildman–Crippen MR) is 294 cm³/mol. The van der Waals surface area contributed by atoms with Crippen LogP contribution in [-0.4, -0.2) is 32.2 Å². The number of rotatable bonds is 10. The largest absolute Gasteiger partial charge is 0.448 e. The SMILES string of the molecule is O=P1(CCS(=O)(=O)CCP2(=O)Oc3cccc(-c4ccc5c(c4)-c4ccccc4OP5N(c4ccccc4)P4Oc5ccccc5-c5ccccc54)c3-c3ccccc32)Oc2ccccc2-c2ccccc21. The molecule has 0 saturated heterocycles. The highest BCUT2D eigenvalue weighted by Crippen LogP contribution is 2.65. The fraction of sp³-hybridized carbons (Fsp3) is 0.0690. The van der Waals surface area contributed by atoms with E-state index in [4.69, 9.17) is 18.1 Å². The Bertz CT molecular complexity index is 3870. The first kappa shape index (κ1) is 45.1. The second-order valence-electron chi connectivity index (χ2n) is 17.9. The van der Waals surface area contributed by atoms with Crippen molar-refractivity contribution in [2.45, 2.75) is 0 Å². The fourth-order valence-corrected chi connectivity index (χ4v) is 22.8.